The summed E-state index contributed by atoms with van der Waals surface area (Å²) in [6, 6.07) is 8.94. The summed E-state index contributed by atoms with van der Waals surface area (Å²) in [5.41, 5.74) is 3.13. The fourth-order valence-electron chi connectivity index (χ4n) is 2.72. The van der Waals surface area contributed by atoms with Gasteiger partial charge in [-0.05, 0) is 43.2 Å². The second kappa shape index (κ2) is 7.44. The molecule has 1 aliphatic heterocycles. The van der Waals surface area contributed by atoms with E-state index in [1.165, 1.54) is 6.20 Å². The first kappa shape index (κ1) is 17.1. The molecule has 0 aliphatic carbocycles. The van der Waals surface area contributed by atoms with Gasteiger partial charge in [-0.15, -0.1) is 0 Å². The number of carbonyl (C=O) groups excluding carboxylic acids is 2. The summed E-state index contributed by atoms with van der Waals surface area (Å²) in [4.78, 5) is 30.7. The predicted molar refractivity (Wildman–Crippen MR) is 94.8 cm³/mol. The number of hydrogen-bond donors (Lipinski definition) is 1. The number of carbonyl (C=O) groups is 2. The Balaban J connectivity index is 1.69. The van der Waals surface area contributed by atoms with Crippen molar-refractivity contribution in [2.45, 2.75) is 13.8 Å². The highest BCUT2D eigenvalue weighted by Crippen LogP contribution is 2.15. The first-order valence-corrected chi connectivity index (χ1v) is 8.27. The predicted octanol–water partition coefficient (Wildman–Crippen LogP) is 2.42. The number of rotatable bonds is 3. The Hall–Kier alpha value is -2.73. The van der Waals surface area contributed by atoms with Crippen LogP contribution in [0.2, 0.25) is 0 Å². The third-order valence-electron chi connectivity index (χ3n) is 4.40. The Labute approximate surface area is 146 Å². The highest BCUT2D eigenvalue weighted by molar-refractivity contribution is 6.05. The zero-order valence-electron chi connectivity index (χ0n) is 14.4. The van der Waals surface area contributed by atoms with Gasteiger partial charge in [-0.1, -0.05) is 12.1 Å². The molecule has 130 valence electrons. The van der Waals surface area contributed by atoms with Crippen molar-refractivity contribution in [2.75, 3.05) is 31.6 Å². The molecule has 0 bridgehead atoms. The molecule has 1 N–H and O–H groups in total. The number of morpholine rings is 1. The Kier molecular flexibility index (Phi) is 5.09. The molecule has 3 rings (SSSR count). The molecule has 0 saturated carbocycles. The zero-order valence-corrected chi connectivity index (χ0v) is 14.4. The topological polar surface area (TPSA) is 71.5 Å². The van der Waals surface area contributed by atoms with E-state index < -0.39 is 0 Å². The van der Waals surface area contributed by atoms with Crippen LogP contribution in [-0.2, 0) is 4.74 Å². The van der Waals surface area contributed by atoms with E-state index in [2.05, 4.69) is 10.3 Å². The highest BCUT2D eigenvalue weighted by atomic mass is 16.5. The van der Waals surface area contributed by atoms with Crippen molar-refractivity contribution in [3.63, 3.8) is 0 Å². The molecule has 1 aromatic carbocycles. The maximum Gasteiger partial charge on any atom is 0.257 e. The van der Waals surface area contributed by atoms with Gasteiger partial charge in [0.2, 0.25) is 0 Å². The van der Waals surface area contributed by atoms with Crippen molar-refractivity contribution in [2.24, 2.45) is 0 Å². The normalized spacial score (nSPS) is 14.2. The molecule has 6 nitrogen and oxygen atoms in total. The number of ether oxygens (including phenoxy) is 1. The summed E-state index contributed by atoms with van der Waals surface area (Å²) in [5, 5.41) is 2.78. The van der Waals surface area contributed by atoms with E-state index in [0.29, 0.717) is 43.2 Å². The highest BCUT2D eigenvalue weighted by Gasteiger charge is 2.19. The maximum absolute atomic E-state index is 12.4. The van der Waals surface area contributed by atoms with Crippen molar-refractivity contribution < 1.29 is 14.3 Å². The van der Waals surface area contributed by atoms with Gasteiger partial charge >= 0.3 is 0 Å². The van der Waals surface area contributed by atoms with Gasteiger partial charge in [-0.2, -0.15) is 0 Å². The maximum atomic E-state index is 12.4. The molecule has 2 amide bonds. The van der Waals surface area contributed by atoms with E-state index in [9.17, 15) is 9.59 Å². The van der Waals surface area contributed by atoms with Crippen LogP contribution in [0.4, 0.5) is 5.82 Å². The lowest BCUT2D eigenvalue weighted by atomic mass is 10.0. The summed E-state index contributed by atoms with van der Waals surface area (Å²) in [5.74, 6) is 0.147. The zero-order chi connectivity index (χ0) is 17.8. The second-order valence-corrected chi connectivity index (χ2v) is 6.04. The summed E-state index contributed by atoms with van der Waals surface area (Å²) in [7, 11) is 0. The first-order valence-electron chi connectivity index (χ1n) is 8.27. The largest absolute Gasteiger partial charge is 0.378 e. The van der Waals surface area contributed by atoms with Crippen LogP contribution in [0.25, 0.3) is 0 Å². The van der Waals surface area contributed by atoms with Gasteiger partial charge in [0.15, 0.2) is 0 Å². The van der Waals surface area contributed by atoms with E-state index in [1.807, 2.05) is 26.0 Å². The molecular formula is C19H21N3O3. The van der Waals surface area contributed by atoms with E-state index in [0.717, 1.165) is 11.1 Å². The van der Waals surface area contributed by atoms with Gasteiger partial charge in [0.1, 0.15) is 5.82 Å². The van der Waals surface area contributed by atoms with E-state index in [1.54, 1.807) is 23.1 Å². The van der Waals surface area contributed by atoms with Gasteiger partial charge in [0.25, 0.3) is 11.8 Å². The van der Waals surface area contributed by atoms with Crippen molar-refractivity contribution >= 4 is 17.6 Å². The molecule has 2 aromatic rings. The Morgan fingerprint density at radius 3 is 2.56 bits per heavy atom. The van der Waals surface area contributed by atoms with Gasteiger partial charge in [0.05, 0.1) is 18.8 Å². The van der Waals surface area contributed by atoms with Crippen LogP contribution in [0.15, 0.2) is 36.5 Å². The monoisotopic (exact) mass is 339 g/mol. The summed E-state index contributed by atoms with van der Waals surface area (Å²) in [6.45, 7) is 6.18. The number of hydrogen-bond acceptors (Lipinski definition) is 4. The fourth-order valence-corrected chi connectivity index (χ4v) is 2.72. The van der Waals surface area contributed by atoms with Crippen LogP contribution in [-0.4, -0.2) is 48.0 Å². The first-order chi connectivity index (χ1) is 12.1. The van der Waals surface area contributed by atoms with Crippen molar-refractivity contribution in [1.82, 2.24) is 9.88 Å². The van der Waals surface area contributed by atoms with Gasteiger partial charge in [-0.25, -0.2) is 4.98 Å². The average Bonchev–Trinajstić information content (AvgIpc) is 2.64. The molecular weight excluding hydrogens is 318 g/mol. The summed E-state index contributed by atoms with van der Waals surface area (Å²) < 4.78 is 5.25. The molecule has 1 fully saturated rings. The molecule has 6 heteroatoms. The number of aromatic nitrogens is 1. The number of nitrogens with zero attached hydrogens (tertiary/aromatic N) is 2. The molecule has 0 atom stereocenters. The van der Waals surface area contributed by atoms with Crippen LogP contribution >= 0.6 is 0 Å². The number of anilines is 1. The van der Waals surface area contributed by atoms with E-state index in [-0.39, 0.29) is 11.8 Å². The van der Waals surface area contributed by atoms with Crippen LogP contribution in [0, 0.1) is 13.8 Å². The molecule has 2 heterocycles. The minimum atomic E-state index is -0.207. The van der Waals surface area contributed by atoms with E-state index >= 15 is 0 Å². The standard InChI is InChI=1S/C19H21N3O3/c1-13-4-3-5-16(14(13)2)18(23)21-17-7-6-15(12-20-17)19(24)22-8-10-25-11-9-22/h3-7,12H,8-11H2,1-2H3,(H,20,21,23). The van der Waals surface area contributed by atoms with Crippen LogP contribution < -0.4 is 5.32 Å². The van der Waals surface area contributed by atoms with Crippen molar-refractivity contribution in [1.29, 1.82) is 0 Å². The third-order valence-corrected chi connectivity index (χ3v) is 4.40. The number of benzene rings is 1. The fraction of sp³-hybridized carbons (Fsp3) is 0.316. The molecule has 1 aliphatic rings. The van der Waals surface area contributed by atoms with Gasteiger partial charge in [-0.3, -0.25) is 9.59 Å². The lowest BCUT2D eigenvalue weighted by Crippen LogP contribution is -2.40. The van der Waals surface area contributed by atoms with Crippen LogP contribution in [0.5, 0.6) is 0 Å². The minimum absolute atomic E-state index is 0.0665. The Morgan fingerprint density at radius 1 is 1.12 bits per heavy atom. The van der Waals surface area contributed by atoms with E-state index in [4.69, 9.17) is 4.74 Å². The second-order valence-electron chi connectivity index (χ2n) is 6.04. The van der Waals surface area contributed by atoms with Crippen LogP contribution in [0.3, 0.4) is 0 Å². The van der Waals surface area contributed by atoms with Gasteiger partial charge in [0, 0.05) is 24.8 Å². The molecule has 1 aromatic heterocycles. The number of pyridine rings is 1. The molecule has 25 heavy (non-hydrogen) atoms. The number of nitrogens with one attached hydrogen (secondary N) is 1. The Bertz CT molecular complexity index is 781. The molecule has 0 spiro atoms. The van der Waals surface area contributed by atoms with Crippen molar-refractivity contribution in [3.05, 3.63) is 58.8 Å². The smallest absolute Gasteiger partial charge is 0.257 e. The Morgan fingerprint density at radius 2 is 1.88 bits per heavy atom. The average molecular weight is 339 g/mol. The molecule has 0 radical (unpaired) electrons. The van der Waals surface area contributed by atoms with Crippen LogP contribution in [0.1, 0.15) is 31.8 Å². The summed E-state index contributed by atoms with van der Waals surface area (Å²) >= 11 is 0. The van der Waals surface area contributed by atoms with Crippen molar-refractivity contribution in [3.8, 4) is 0 Å². The molecule has 1 saturated heterocycles. The minimum Gasteiger partial charge on any atom is -0.378 e. The quantitative estimate of drug-likeness (QED) is 0.932. The third kappa shape index (κ3) is 3.85. The SMILES string of the molecule is Cc1cccc(C(=O)Nc2ccc(C(=O)N3CCOCC3)cn2)c1C. The summed E-state index contributed by atoms with van der Waals surface area (Å²) in [6.07, 6.45) is 1.50. The van der Waals surface area contributed by atoms with Gasteiger partial charge < -0.3 is 15.0 Å². The number of aryl methyl sites for hydroxylation is 1. The lowest BCUT2D eigenvalue weighted by molar-refractivity contribution is 0.0302. The number of amides is 2. The molecule has 0 unspecified atom stereocenters. The lowest BCUT2D eigenvalue weighted by Gasteiger charge is -2.26.